The summed E-state index contributed by atoms with van der Waals surface area (Å²) in [6, 6.07) is 0. The van der Waals surface area contributed by atoms with Gasteiger partial charge in [0.1, 0.15) is 60.4 Å². The zero-order valence-corrected chi connectivity index (χ0v) is 36.8. The van der Waals surface area contributed by atoms with Gasteiger partial charge < -0.3 is 74.4 Å². The zero-order valence-electron chi connectivity index (χ0n) is 36.8. The van der Waals surface area contributed by atoms with Gasteiger partial charge in [-0.1, -0.05) is 60.1 Å². The van der Waals surface area contributed by atoms with E-state index in [0.717, 1.165) is 38.5 Å². The molecule has 0 amide bonds. The van der Waals surface area contributed by atoms with Crippen molar-refractivity contribution in [3.8, 4) is 0 Å². The van der Waals surface area contributed by atoms with E-state index in [9.17, 15) is 50.8 Å². The highest BCUT2D eigenvalue weighted by Gasteiger charge is 2.71. The van der Waals surface area contributed by atoms with E-state index < -0.39 is 96.7 Å². The standard InChI is InChI=1S/C45H72O16/c1-40(2)14-15-45(39(54)55)22(16-40)21-8-9-27-42(5)12-11-29(41(3,4)26(42)10-13-43(27,6)44(21,7)17-28(45)49)59-37-34(31(51)24(47)19-57-37)61-38-35(32(52)25(48)20-58-38)60-36-33(53)30(50)23(46)18-56-36/h8,22-38,46-53H,9-20H2,1-7H3,(H,54,55)/t22-,23?,24?,25?,26-,27+,28+,29-,30?,31?,32?,33?,34?,35?,36?,37?,38?,42-,43+,44+,45+/m0/s1. The number of carbonyl (C=O) groups is 1. The highest BCUT2D eigenvalue weighted by molar-refractivity contribution is 5.77. The van der Waals surface area contributed by atoms with Crippen LogP contribution in [0, 0.1) is 50.2 Å². The number of aliphatic hydroxyl groups excluding tert-OH is 8. The Labute approximate surface area is 358 Å². The van der Waals surface area contributed by atoms with Crippen LogP contribution in [0.25, 0.3) is 0 Å². The molecule has 61 heavy (non-hydrogen) atoms. The van der Waals surface area contributed by atoms with Gasteiger partial charge in [0.05, 0.1) is 32.0 Å². The van der Waals surface area contributed by atoms with Crippen molar-refractivity contribution in [2.75, 3.05) is 19.8 Å². The molecule has 0 aromatic heterocycles. The summed E-state index contributed by atoms with van der Waals surface area (Å²) in [6.07, 6.45) is -10.1. The van der Waals surface area contributed by atoms with Gasteiger partial charge in [-0.15, -0.1) is 0 Å². The fourth-order valence-corrected chi connectivity index (χ4v) is 14.4. The molecule has 348 valence electrons. The number of hydrogen-bond donors (Lipinski definition) is 9. The molecule has 0 bridgehead atoms. The molecular weight excluding hydrogens is 796 g/mol. The van der Waals surface area contributed by atoms with E-state index in [4.69, 9.17) is 28.4 Å². The summed E-state index contributed by atoms with van der Waals surface area (Å²) in [5.74, 6) is -0.656. The Hall–Kier alpha value is -1.35. The van der Waals surface area contributed by atoms with Crippen molar-refractivity contribution in [1.29, 1.82) is 0 Å². The second-order valence-corrected chi connectivity index (χ2v) is 22.2. The Balaban J connectivity index is 1.02. The molecule has 3 aliphatic heterocycles. The lowest BCUT2D eigenvalue weighted by molar-refractivity contribution is -0.378. The largest absolute Gasteiger partial charge is 0.481 e. The normalized spacial score (nSPS) is 54.3. The van der Waals surface area contributed by atoms with Crippen LogP contribution in [-0.2, 0) is 33.2 Å². The monoisotopic (exact) mass is 868 g/mol. The van der Waals surface area contributed by atoms with Crippen molar-refractivity contribution < 1.29 is 79.2 Å². The van der Waals surface area contributed by atoms with Gasteiger partial charge in [-0.3, -0.25) is 4.79 Å². The van der Waals surface area contributed by atoms with Crippen molar-refractivity contribution in [2.24, 2.45) is 50.2 Å². The summed E-state index contributed by atoms with van der Waals surface area (Å²) < 4.78 is 36.1. The minimum absolute atomic E-state index is 0.0294. The molecule has 4 saturated carbocycles. The number of carboxylic acid groups (broad SMARTS) is 1. The highest BCUT2D eigenvalue weighted by atomic mass is 16.8. The topological polar surface area (TPSA) is 255 Å². The second kappa shape index (κ2) is 15.9. The molecule has 9 N–H and O–H groups in total. The molecule has 16 nitrogen and oxygen atoms in total. The van der Waals surface area contributed by atoms with Crippen LogP contribution in [-0.4, -0.2) is 158 Å². The van der Waals surface area contributed by atoms with Crippen LogP contribution in [0.15, 0.2) is 11.6 Å². The Bertz CT molecular complexity index is 1670. The third kappa shape index (κ3) is 7.11. The minimum Gasteiger partial charge on any atom is -0.481 e. The van der Waals surface area contributed by atoms with Crippen LogP contribution in [0.1, 0.15) is 106 Å². The Morgan fingerprint density at radius 1 is 0.639 bits per heavy atom. The zero-order chi connectivity index (χ0) is 44.4. The molecule has 5 aliphatic carbocycles. The molecular formula is C45H72O16. The molecule has 12 unspecified atom stereocenters. The van der Waals surface area contributed by atoms with Crippen LogP contribution in [0.4, 0.5) is 0 Å². The average molecular weight is 869 g/mol. The summed E-state index contributed by atoms with van der Waals surface area (Å²) >= 11 is 0. The van der Waals surface area contributed by atoms with Crippen molar-refractivity contribution >= 4 is 5.97 Å². The average Bonchev–Trinajstić information content (AvgIpc) is 3.18. The molecule has 3 heterocycles. The molecule has 0 aromatic carbocycles. The summed E-state index contributed by atoms with van der Waals surface area (Å²) in [6.45, 7) is 15.0. The van der Waals surface area contributed by atoms with Gasteiger partial charge in [0, 0.05) is 0 Å². The maximum Gasteiger partial charge on any atom is 0.312 e. The predicted molar refractivity (Wildman–Crippen MR) is 214 cm³/mol. The van der Waals surface area contributed by atoms with E-state index >= 15 is 0 Å². The lowest BCUT2D eigenvalue weighted by Crippen LogP contribution is -2.68. The lowest BCUT2D eigenvalue weighted by atomic mass is 9.33. The second-order valence-electron chi connectivity index (χ2n) is 22.2. The van der Waals surface area contributed by atoms with E-state index in [-0.39, 0.29) is 65.3 Å². The molecule has 8 aliphatic rings. The number of carboxylic acids is 1. The number of rotatable bonds is 7. The first kappa shape index (κ1) is 46.2. The maximum atomic E-state index is 13.2. The van der Waals surface area contributed by atoms with E-state index in [1.807, 2.05) is 0 Å². The van der Waals surface area contributed by atoms with Crippen molar-refractivity contribution in [2.45, 2.75) is 192 Å². The minimum atomic E-state index is -1.71. The number of fused-ring (bicyclic) bond motifs is 7. The first-order valence-corrected chi connectivity index (χ1v) is 22.6. The van der Waals surface area contributed by atoms with Crippen LogP contribution < -0.4 is 0 Å². The van der Waals surface area contributed by atoms with Gasteiger partial charge in [-0.2, -0.15) is 0 Å². The maximum absolute atomic E-state index is 13.2. The van der Waals surface area contributed by atoms with Gasteiger partial charge in [-0.25, -0.2) is 0 Å². The number of ether oxygens (including phenoxy) is 6. The van der Waals surface area contributed by atoms with Gasteiger partial charge in [-0.05, 0) is 103 Å². The summed E-state index contributed by atoms with van der Waals surface area (Å²) in [5, 5.41) is 97.2. The Morgan fingerprint density at radius 3 is 1.80 bits per heavy atom. The molecule has 16 heteroatoms. The van der Waals surface area contributed by atoms with Crippen molar-refractivity contribution in [3.63, 3.8) is 0 Å². The summed E-state index contributed by atoms with van der Waals surface area (Å²) in [5.41, 5.74) is -1.10. The lowest BCUT2D eigenvalue weighted by Gasteiger charge is -2.71. The fourth-order valence-electron chi connectivity index (χ4n) is 14.4. The molecule has 3 saturated heterocycles. The van der Waals surface area contributed by atoms with Crippen LogP contribution >= 0.6 is 0 Å². The van der Waals surface area contributed by atoms with Gasteiger partial charge in [0.15, 0.2) is 18.9 Å². The molecule has 8 rings (SSSR count). The first-order valence-electron chi connectivity index (χ1n) is 22.6. The van der Waals surface area contributed by atoms with E-state index in [0.29, 0.717) is 19.3 Å². The van der Waals surface area contributed by atoms with Crippen LogP contribution in [0.3, 0.4) is 0 Å². The third-order valence-corrected chi connectivity index (χ3v) is 18.2. The molecule has 0 spiro atoms. The molecule has 0 radical (unpaired) electrons. The molecule has 0 aromatic rings. The number of aliphatic hydroxyl groups is 8. The summed E-state index contributed by atoms with van der Waals surface area (Å²) in [4.78, 5) is 13.2. The van der Waals surface area contributed by atoms with Crippen LogP contribution in [0.5, 0.6) is 0 Å². The van der Waals surface area contributed by atoms with Crippen molar-refractivity contribution in [1.82, 2.24) is 0 Å². The first-order chi connectivity index (χ1) is 28.4. The summed E-state index contributed by atoms with van der Waals surface area (Å²) in [7, 11) is 0. The molecule has 21 atom stereocenters. The molecule has 7 fully saturated rings. The highest BCUT2D eigenvalue weighted by Crippen LogP contribution is 2.76. The van der Waals surface area contributed by atoms with Crippen molar-refractivity contribution in [3.05, 3.63) is 11.6 Å². The van der Waals surface area contributed by atoms with E-state index in [2.05, 4.69) is 54.5 Å². The van der Waals surface area contributed by atoms with Crippen LogP contribution in [0.2, 0.25) is 0 Å². The van der Waals surface area contributed by atoms with Gasteiger partial charge in [0.25, 0.3) is 0 Å². The number of hydrogen-bond acceptors (Lipinski definition) is 15. The van der Waals surface area contributed by atoms with E-state index in [1.54, 1.807) is 0 Å². The number of aliphatic carboxylic acids is 1. The SMILES string of the molecule is CC1(C)CC[C@]2(C(=O)O)[C@H](O)C[C@]3(C)C(=CC[C@@H]4[C@@]5(C)CC[C@H](OC6OCC(O)C(O)C6OC6OCC(O)C(O)C6OC6OCC(O)C(O)C6O)C(C)(C)[C@@H]5CC[C@]43C)[C@@H]2C1. The van der Waals surface area contributed by atoms with Gasteiger partial charge >= 0.3 is 5.97 Å². The Morgan fingerprint density at radius 2 is 1.20 bits per heavy atom. The third-order valence-electron chi connectivity index (χ3n) is 18.2. The fraction of sp³-hybridized carbons (Fsp3) is 0.933. The van der Waals surface area contributed by atoms with E-state index in [1.165, 1.54) is 5.57 Å². The quantitative estimate of drug-likeness (QED) is 0.130. The predicted octanol–water partition coefficient (Wildman–Crippen LogP) is 1.59. The number of allylic oxidation sites excluding steroid dienone is 2. The smallest absolute Gasteiger partial charge is 0.312 e. The Kier molecular flexibility index (Phi) is 12.1. The van der Waals surface area contributed by atoms with Gasteiger partial charge in [0.2, 0.25) is 0 Å².